The van der Waals surface area contributed by atoms with Crippen LogP contribution in [0.3, 0.4) is 0 Å². The summed E-state index contributed by atoms with van der Waals surface area (Å²) < 4.78 is 37.8. The number of nitrogens with zero attached hydrogens (tertiary/aromatic N) is 2. The lowest BCUT2D eigenvalue weighted by molar-refractivity contribution is 0.0730. The molecule has 148 valence electrons. The van der Waals surface area contributed by atoms with Gasteiger partial charge in [-0.1, -0.05) is 12.1 Å². The molecule has 0 N–H and O–H groups in total. The van der Waals surface area contributed by atoms with Crippen molar-refractivity contribution in [3.63, 3.8) is 0 Å². The topological polar surface area (TPSA) is 76.2 Å². The van der Waals surface area contributed by atoms with Gasteiger partial charge in [-0.15, -0.1) is 0 Å². The van der Waals surface area contributed by atoms with Gasteiger partial charge in [0.05, 0.1) is 30.8 Å². The molecule has 1 saturated heterocycles. The summed E-state index contributed by atoms with van der Waals surface area (Å²) in [5.41, 5.74) is 2.09. The maximum Gasteiger partial charge on any atom is 0.262 e. The molecule has 2 aromatic carbocycles. The lowest BCUT2D eigenvalue weighted by atomic mass is 10.1. The number of amides is 1. The van der Waals surface area contributed by atoms with Crippen molar-refractivity contribution in [2.24, 2.45) is 0 Å². The number of morpholine rings is 1. The van der Waals surface area contributed by atoms with Crippen molar-refractivity contribution >= 4 is 21.6 Å². The second-order valence-corrected chi connectivity index (χ2v) is 8.65. The summed E-state index contributed by atoms with van der Waals surface area (Å²) in [5.74, 6) is 0.368. The van der Waals surface area contributed by atoms with Gasteiger partial charge in [0, 0.05) is 25.3 Å². The number of carbonyl (C=O) groups is 1. The van der Waals surface area contributed by atoms with Gasteiger partial charge in [-0.05, 0) is 42.3 Å². The minimum Gasteiger partial charge on any atom is -0.496 e. The first-order valence-electron chi connectivity index (χ1n) is 9.18. The molecular weight excluding hydrogens is 380 g/mol. The SMILES string of the molecule is COc1ccccc1C(=O)N1CCc2cc(S(=O)(=O)N3CCOCC3)ccc21. The largest absolute Gasteiger partial charge is 0.496 e. The zero-order valence-corrected chi connectivity index (χ0v) is 16.4. The minimum absolute atomic E-state index is 0.153. The van der Waals surface area contributed by atoms with E-state index in [0.29, 0.717) is 50.6 Å². The Morgan fingerprint density at radius 3 is 2.57 bits per heavy atom. The summed E-state index contributed by atoms with van der Waals surface area (Å²) in [6.45, 7) is 2.04. The van der Waals surface area contributed by atoms with Gasteiger partial charge in [-0.25, -0.2) is 8.42 Å². The number of ether oxygens (including phenoxy) is 2. The lowest BCUT2D eigenvalue weighted by Gasteiger charge is -2.26. The van der Waals surface area contributed by atoms with Gasteiger partial charge in [-0.3, -0.25) is 4.79 Å². The fourth-order valence-electron chi connectivity index (χ4n) is 3.65. The number of para-hydroxylation sites is 1. The first kappa shape index (κ1) is 18.9. The molecule has 0 spiro atoms. The second-order valence-electron chi connectivity index (χ2n) is 6.71. The highest BCUT2D eigenvalue weighted by atomic mass is 32.2. The standard InChI is InChI=1S/C20H22N2O5S/c1-26-19-5-3-2-4-17(19)20(23)22-9-8-15-14-16(6-7-18(15)22)28(24,25)21-10-12-27-13-11-21/h2-7,14H,8-13H2,1H3. The molecular formula is C20H22N2O5S. The Hall–Kier alpha value is -2.42. The molecule has 28 heavy (non-hydrogen) atoms. The predicted molar refractivity (Wildman–Crippen MR) is 104 cm³/mol. The van der Waals surface area contributed by atoms with Gasteiger partial charge in [0.25, 0.3) is 5.91 Å². The highest BCUT2D eigenvalue weighted by molar-refractivity contribution is 7.89. The number of sulfonamides is 1. The Bertz CT molecular complexity index is 999. The normalized spacial score (nSPS) is 17.4. The van der Waals surface area contributed by atoms with Crippen LogP contribution in [0.2, 0.25) is 0 Å². The highest BCUT2D eigenvalue weighted by Gasteiger charge is 2.31. The van der Waals surface area contributed by atoms with Crippen molar-refractivity contribution in [1.82, 2.24) is 4.31 Å². The van der Waals surface area contributed by atoms with E-state index >= 15 is 0 Å². The second kappa shape index (κ2) is 7.54. The molecule has 0 atom stereocenters. The molecule has 0 radical (unpaired) electrons. The van der Waals surface area contributed by atoms with Crippen molar-refractivity contribution in [2.75, 3.05) is 44.9 Å². The average molecular weight is 402 g/mol. The van der Waals surface area contributed by atoms with E-state index in [9.17, 15) is 13.2 Å². The number of methoxy groups -OCH3 is 1. The van der Waals surface area contributed by atoms with Gasteiger partial charge in [-0.2, -0.15) is 4.31 Å². The Morgan fingerprint density at radius 1 is 1.07 bits per heavy atom. The van der Waals surface area contributed by atoms with E-state index in [0.717, 1.165) is 11.3 Å². The quantitative estimate of drug-likeness (QED) is 0.781. The van der Waals surface area contributed by atoms with E-state index in [4.69, 9.17) is 9.47 Å². The van der Waals surface area contributed by atoms with Crippen LogP contribution in [0.4, 0.5) is 5.69 Å². The number of benzene rings is 2. The first-order chi connectivity index (χ1) is 13.5. The van der Waals surface area contributed by atoms with Crippen molar-refractivity contribution in [1.29, 1.82) is 0 Å². The van der Waals surface area contributed by atoms with E-state index < -0.39 is 10.0 Å². The Labute approximate surface area is 164 Å². The third-order valence-corrected chi connectivity index (χ3v) is 7.03. The third-order valence-electron chi connectivity index (χ3n) is 5.14. The van der Waals surface area contributed by atoms with Gasteiger partial charge in [0.1, 0.15) is 5.75 Å². The monoisotopic (exact) mass is 402 g/mol. The summed E-state index contributed by atoms with van der Waals surface area (Å²) in [7, 11) is -2.02. The molecule has 0 aliphatic carbocycles. The molecule has 0 unspecified atom stereocenters. The molecule has 1 amide bonds. The van der Waals surface area contributed by atoms with Crippen LogP contribution in [0.1, 0.15) is 15.9 Å². The molecule has 1 fully saturated rings. The summed E-state index contributed by atoms with van der Waals surface area (Å²) in [6, 6.07) is 12.1. The zero-order valence-electron chi connectivity index (χ0n) is 15.6. The van der Waals surface area contributed by atoms with Crippen molar-refractivity contribution in [3.05, 3.63) is 53.6 Å². The van der Waals surface area contributed by atoms with Crippen LogP contribution in [0, 0.1) is 0 Å². The van der Waals surface area contributed by atoms with E-state index in [-0.39, 0.29) is 10.8 Å². The molecule has 2 aliphatic rings. The van der Waals surface area contributed by atoms with Crippen LogP contribution in [-0.4, -0.2) is 58.6 Å². The van der Waals surface area contributed by atoms with Gasteiger partial charge in [0.2, 0.25) is 10.0 Å². The van der Waals surface area contributed by atoms with Gasteiger partial charge >= 0.3 is 0 Å². The van der Waals surface area contributed by atoms with Crippen molar-refractivity contribution in [3.8, 4) is 5.75 Å². The summed E-state index contributed by atoms with van der Waals surface area (Å²) >= 11 is 0. The first-order valence-corrected chi connectivity index (χ1v) is 10.6. The van der Waals surface area contributed by atoms with Gasteiger partial charge < -0.3 is 14.4 Å². The third kappa shape index (κ3) is 3.28. The smallest absolute Gasteiger partial charge is 0.262 e. The fraction of sp³-hybridized carbons (Fsp3) is 0.350. The molecule has 2 heterocycles. The minimum atomic E-state index is -3.55. The highest BCUT2D eigenvalue weighted by Crippen LogP contribution is 2.33. The number of anilines is 1. The van der Waals surface area contributed by atoms with Crippen LogP contribution in [0.5, 0.6) is 5.75 Å². The molecule has 7 nitrogen and oxygen atoms in total. The number of rotatable bonds is 4. The number of carbonyl (C=O) groups excluding carboxylic acids is 1. The predicted octanol–water partition coefficient (Wildman–Crippen LogP) is 1.92. The van der Waals surface area contributed by atoms with Crippen molar-refractivity contribution in [2.45, 2.75) is 11.3 Å². The maximum atomic E-state index is 13.0. The summed E-state index contributed by atoms with van der Waals surface area (Å²) in [6.07, 6.45) is 0.614. The number of hydrogen-bond donors (Lipinski definition) is 0. The van der Waals surface area contributed by atoms with Crippen LogP contribution in [0.25, 0.3) is 0 Å². The molecule has 0 bridgehead atoms. The molecule has 0 aromatic heterocycles. The molecule has 0 saturated carbocycles. The van der Waals surface area contributed by atoms with Crippen LogP contribution >= 0.6 is 0 Å². The summed E-state index contributed by atoms with van der Waals surface area (Å²) in [4.78, 5) is 15.0. The summed E-state index contributed by atoms with van der Waals surface area (Å²) in [5, 5.41) is 0. The number of hydrogen-bond acceptors (Lipinski definition) is 5. The van der Waals surface area contributed by atoms with E-state index in [1.54, 1.807) is 41.3 Å². The van der Waals surface area contributed by atoms with Crippen molar-refractivity contribution < 1.29 is 22.7 Å². The molecule has 2 aromatic rings. The lowest BCUT2D eigenvalue weighted by Crippen LogP contribution is -2.40. The van der Waals surface area contributed by atoms with Crippen LogP contribution in [0.15, 0.2) is 47.4 Å². The van der Waals surface area contributed by atoms with E-state index in [1.807, 2.05) is 6.07 Å². The average Bonchev–Trinajstić information content (AvgIpc) is 3.17. The molecule has 4 rings (SSSR count). The van der Waals surface area contributed by atoms with Crippen LogP contribution < -0.4 is 9.64 Å². The van der Waals surface area contributed by atoms with E-state index in [1.165, 1.54) is 11.4 Å². The maximum absolute atomic E-state index is 13.0. The fourth-order valence-corrected chi connectivity index (χ4v) is 5.11. The van der Waals surface area contributed by atoms with Crippen LogP contribution in [-0.2, 0) is 21.2 Å². The molecule has 8 heteroatoms. The van der Waals surface area contributed by atoms with E-state index in [2.05, 4.69) is 0 Å². The Balaban J connectivity index is 1.63. The number of fused-ring (bicyclic) bond motifs is 1. The Kier molecular flexibility index (Phi) is 5.09. The zero-order chi connectivity index (χ0) is 19.7. The Morgan fingerprint density at radius 2 is 1.82 bits per heavy atom. The molecule has 2 aliphatic heterocycles. The van der Waals surface area contributed by atoms with Gasteiger partial charge in [0.15, 0.2) is 0 Å².